The highest BCUT2D eigenvalue weighted by molar-refractivity contribution is 6.15. The molecule has 4 bridgehead atoms. The van der Waals surface area contributed by atoms with Gasteiger partial charge in [-0.3, -0.25) is 9.59 Å². The van der Waals surface area contributed by atoms with Gasteiger partial charge in [-0.2, -0.15) is 0 Å². The number of amides is 2. The predicted molar refractivity (Wildman–Crippen MR) is 112 cm³/mol. The van der Waals surface area contributed by atoms with Crippen LogP contribution in [-0.2, 0) is 19.1 Å². The number of dihydropyridines is 1. The molecule has 0 saturated heterocycles. The third-order valence-electron chi connectivity index (χ3n) is 7.77. The smallest absolute Gasteiger partial charge is 0.273 e. The van der Waals surface area contributed by atoms with Gasteiger partial charge in [-0.1, -0.05) is 6.08 Å². The highest BCUT2D eigenvalue weighted by Crippen LogP contribution is 2.60. The minimum atomic E-state index is -0.259. The SMILES string of the molecule is COC1=CC=C(OC)C2C=C(CCNC(=O)C34CC5CC(CC(C5)C3)C4)C(=O)N=C12. The quantitative estimate of drug-likeness (QED) is 0.729. The molecule has 1 unspecified atom stereocenters. The topological polar surface area (TPSA) is 77.0 Å². The van der Waals surface area contributed by atoms with Crippen molar-refractivity contribution in [1.82, 2.24) is 5.32 Å². The highest BCUT2D eigenvalue weighted by atomic mass is 16.5. The third-order valence-corrected chi connectivity index (χ3v) is 7.77. The summed E-state index contributed by atoms with van der Waals surface area (Å²) in [6, 6.07) is 0. The Labute approximate surface area is 177 Å². The van der Waals surface area contributed by atoms with E-state index in [-0.39, 0.29) is 23.1 Å². The second kappa shape index (κ2) is 7.40. The van der Waals surface area contributed by atoms with Crippen molar-refractivity contribution in [2.24, 2.45) is 34.1 Å². The van der Waals surface area contributed by atoms with Crippen LogP contribution in [0.25, 0.3) is 0 Å². The number of allylic oxidation sites excluding steroid dienone is 4. The molecule has 0 aromatic rings. The Hall–Kier alpha value is -2.37. The van der Waals surface area contributed by atoms with Crippen LogP contribution in [0.4, 0.5) is 0 Å². The summed E-state index contributed by atoms with van der Waals surface area (Å²) >= 11 is 0. The molecule has 6 rings (SSSR count). The number of aliphatic imine (C=N–C) groups is 1. The Kier molecular flexibility index (Phi) is 4.83. The molecule has 5 aliphatic carbocycles. The monoisotopic (exact) mass is 410 g/mol. The molecule has 0 radical (unpaired) electrons. The minimum absolute atomic E-state index is 0.154. The molecular formula is C24H30N2O4. The zero-order valence-electron chi connectivity index (χ0n) is 17.8. The van der Waals surface area contributed by atoms with Crippen molar-refractivity contribution >= 4 is 17.5 Å². The van der Waals surface area contributed by atoms with Crippen molar-refractivity contribution in [2.45, 2.75) is 44.9 Å². The summed E-state index contributed by atoms with van der Waals surface area (Å²) in [5, 5.41) is 3.16. The predicted octanol–water partition coefficient (Wildman–Crippen LogP) is 3.31. The van der Waals surface area contributed by atoms with E-state index < -0.39 is 0 Å². The van der Waals surface area contributed by atoms with Gasteiger partial charge in [-0.05, 0) is 74.9 Å². The zero-order valence-corrected chi connectivity index (χ0v) is 17.8. The van der Waals surface area contributed by atoms with Crippen molar-refractivity contribution in [3.63, 3.8) is 0 Å². The number of carbonyl (C=O) groups excluding carboxylic acids is 2. The first kappa shape index (κ1) is 19.6. The van der Waals surface area contributed by atoms with E-state index in [1.807, 2.05) is 12.2 Å². The van der Waals surface area contributed by atoms with Gasteiger partial charge in [0.15, 0.2) is 0 Å². The van der Waals surface area contributed by atoms with Gasteiger partial charge in [-0.15, -0.1) is 0 Å². The van der Waals surface area contributed by atoms with Gasteiger partial charge in [-0.25, -0.2) is 4.99 Å². The van der Waals surface area contributed by atoms with Crippen LogP contribution in [0.3, 0.4) is 0 Å². The van der Waals surface area contributed by atoms with Crippen molar-refractivity contribution in [2.75, 3.05) is 20.8 Å². The Morgan fingerprint density at radius 3 is 2.37 bits per heavy atom. The van der Waals surface area contributed by atoms with E-state index in [1.54, 1.807) is 20.3 Å². The van der Waals surface area contributed by atoms with Gasteiger partial charge in [0.1, 0.15) is 17.2 Å². The summed E-state index contributed by atoms with van der Waals surface area (Å²) in [5.41, 5.74) is 1.05. The van der Waals surface area contributed by atoms with Crippen molar-refractivity contribution in [3.8, 4) is 0 Å². The number of hydrogen-bond donors (Lipinski definition) is 1. The largest absolute Gasteiger partial charge is 0.500 e. The Balaban J connectivity index is 1.24. The number of methoxy groups -OCH3 is 2. The van der Waals surface area contributed by atoms with Crippen LogP contribution in [0.1, 0.15) is 44.9 Å². The van der Waals surface area contributed by atoms with Crippen molar-refractivity contribution < 1.29 is 19.1 Å². The molecular weight excluding hydrogens is 380 g/mol. The molecule has 1 aliphatic heterocycles. The molecule has 2 amide bonds. The normalized spacial score (nSPS) is 36.3. The summed E-state index contributed by atoms with van der Waals surface area (Å²) in [4.78, 5) is 30.0. The van der Waals surface area contributed by atoms with E-state index in [2.05, 4.69) is 10.3 Å². The van der Waals surface area contributed by atoms with Crippen molar-refractivity contribution in [3.05, 3.63) is 35.3 Å². The maximum absolute atomic E-state index is 13.1. The summed E-state index contributed by atoms with van der Waals surface area (Å²) in [7, 11) is 3.19. The summed E-state index contributed by atoms with van der Waals surface area (Å²) in [5.74, 6) is 3.26. The molecule has 1 N–H and O–H groups in total. The van der Waals surface area contributed by atoms with Crippen LogP contribution in [0.5, 0.6) is 0 Å². The number of nitrogens with zero attached hydrogens (tertiary/aromatic N) is 1. The van der Waals surface area contributed by atoms with Gasteiger partial charge < -0.3 is 14.8 Å². The first-order chi connectivity index (χ1) is 14.5. The van der Waals surface area contributed by atoms with Crippen LogP contribution in [0.2, 0.25) is 0 Å². The highest BCUT2D eigenvalue weighted by Gasteiger charge is 2.54. The molecule has 6 aliphatic rings. The number of hydrogen-bond acceptors (Lipinski definition) is 4. The van der Waals surface area contributed by atoms with Gasteiger partial charge in [0.05, 0.1) is 20.1 Å². The fourth-order valence-corrected chi connectivity index (χ4v) is 6.82. The van der Waals surface area contributed by atoms with E-state index in [1.165, 1.54) is 19.3 Å². The minimum Gasteiger partial charge on any atom is -0.500 e. The lowest BCUT2D eigenvalue weighted by atomic mass is 9.49. The molecule has 0 aromatic heterocycles. The molecule has 0 spiro atoms. The molecule has 160 valence electrons. The summed E-state index contributed by atoms with van der Waals surface area (Å²) < 4.78 is 10.8. The average molecular weight is 411 g/mol. The summed E-state index contributed by atoms with van der Waals surface area (Å²) in [6.45, 7) is 0.467. The standard InChI is InChI=1S/C24H30N2O4/c1-29-19-3-4-20(30-2)21-18(19)10-17(22(27)26-21)5-6-25-23(28)24-11-14-7-15(12-24)9-16(8-14)13-24/h3-4,10,14-16,18H,5-9,11-13H2,1-2H3,(H,25,28). The lowest BCUT2D eigenvalue weighted by molar-refractivity contribution is -0.146. The number of carbonyl (C=O) groups is 2. The molecule has 1 atom stereocenters. The molecule has 6 heteroatoms. The molecule has 30 heavy (non-hydrogen) atoms. The van der Waals surface area contributed by atoms with Crippen LogP contribution in [0, 0.1) is 29.1 Å². The first-order valence-electron chi connectivity index (χ1n) is 11.1. The molecule has 6 nitrogen and oxygen atoms in total. The third kappa shape index (κ3) is 3.21. The fourth-order valence-electron chi connectivity index (χ4n) is 6.82. The number of fused-ring (bicyclic) bond motifs is 1. The average Bonchev–Trinajstić information content (AvgIpc) is 2.72. The lowest BCUT2D eigenvalue weighted by Gasteiger charge is -2.55. The lowest BCUT2D eigenvalue weighted by Crippen LogP contribution is -2.53. The van der Waals surface area contributed by atoms with Gasteiger partial charge >= 0.3 is 0 Å². The molecule has 4 fully saturated rings. The molecule has 0 aromatic carbocycles. The second-order valence-electron chi connectivity index (χ2n) is 9.68. The van der Waals surface area contributed by atoms with Gasteiger partial charge in [0, 0.05) is 17.5 Å². The molecule has 4 saturated carbocycles. The Morgan fingerprint density at radius 1 is 1.10 bits per heavy atom. The van der Waals surface area contributed by atoms with Crippen LogP contribution in [0.15, 0.2) is 40.3 Å². The van der Waals surface area contributed by atoms with Gasteiger partial charge in [0.2, 0.25) is 5.91 Å². The second-order valence-corrected chi connectivity index (χ2v) is 9.68. The van der Waals surface area contributed by atoms with Gasteiger partial charge in [0.25, 0.3) is 5.91 Å². The number of ether oxygens (including phenoxy) is 2. The summed E-state index contributed by atoms with van der Waals surface area (Å²) in [6.07, 6.45) is 13.1. The molecule has 1 heterocycles. The van der Waals surface area contributed by atoms with E-state index >= 15 is 0 Å². The Bertz CT molecular complexity index is 860. The Morgan fingerprint density at radius 2 is 1.77 bits per heavy atom. The van der Waals surface area contributed by atoms with E-state index in [0.29, 0.717) is 30.0 Å². The number of rotatable bonds is 6. The van der Waals surface area contributed by atoms with Crippen LogP contribution in [-0.4, -0.2) is 38.3 Å². The van der Waals surface area contributed by atoms with Crippen molar-refractivity contribution in [1.29, 1.82) is 0 Å². The van der Waals surface area contributed by atoms with E-state index in [0.717, 1.165) is 42.8 Å². The number of nitrogens with one attached hydrogen (secondary N) is 1. The zero-order chi connectivity index (χ0) is 20.9. The maximum atomic E-state index is 13.1. The van der Waals surface area contributed by atoms with E-state index in [4.69, 9.17) is 9.47 Å². The fraction of sp³-hybridized carbons (Fsp3) is 0.625. The van der Waals surface area contributed by atoms with Crippen LogP contribution >= 0.6 is 0 Å². The maximum Gasteiger partial charge on any atom is 0.273 e. The van der Waals surface area contributed by atoms with E-state index in [9.17, 15) is 9.59 Å². The first-order valence-corrected chi connectivity index (χ1v) is 11.1. The van der Waals surface area contributed by atoms with Crippen LogP contribution < -0.4 is 5.32 Å².